The van der Waals surface area contributed by atoms with Crippen molar-refractivity contribution in [3.8, 4) is 17.0 Å². The third-order valence-electron chi connectivity index (χ3n) is 9.21. The van der Waals surface area contributed by atoms with Gasteiger partial charge in [0.25, 0.3) is 0 Å². The van der Waals surface area contributed by atoms with Crippen molar-refractivity contribution in [2.45, 2.75) is 32.7 Å². The number of urea groups is 1. The third-order valence-corrected chi connectivity index (χ3v) is 9.21. The fourth-order valence-corrected chi connectivity index (χ4v) is 6.18. The second-order valence-electron chi connectivity index (χ2n) is 13.4. The number of aromatic hydroxyl groups is 1. The van der Waals surface area contributed by atoms with Crippen LogP contribution in [0.2, 0.25) is 0 Å². The molecule has 7 rings (SSSR count). The van der Waals surface area contributed by atoms with E-state index in [0.29, 0.717) is 11.3 Å². The van der Waals surface area contributed by atoms with Gasteiger partial charge < -0.3 is 25.2 Å². The van der Waals surface area contributed by atoms with Crippen LogP contribution in [0.4, 0.5) is 18.0 Å². The number of nitrogens with zero attached hydrogens (tertiary/aromatic N) is 4. The van der Waals surface area contributed by atoms with Gasteiger partial charge in [0.05, 0.1) is 18.7 Å². The van der Waals surface area contributed by atoms with Gasteiger partial charge in [0, 0.05) is 37.8 Å². The number of hydrazine groups is 1. The molecule has 1 aliphatic rings. The maximum absolute atomic E-state index is 14.0. The van der Waals surface area contributed by atoms with Gasteiger partial charge in [-0.25, -0.2) is 9.80 Å². The van der Waals surface area contributed by atoms with Crippen LogP contribution in [0.15, 0.2) is 132 Å². The molecule has 14 heteroatoms. The predicted octanol–water partition coefficient (Wildman–Crippen LogP) is 7.30. The average Bonchev–Trinajstić information content (AvgIpc) is 3.68. The number of phenolic OH excluding ortho intramolecular Hbond substituents is 1. The number of fused-ring (bicyclic) bond motifs is 1. The Hall–Kier alpha value is -6.67. The average molecular weight is 779 g/mol. The van der Waals surface area contributed by atoms with Crippen LogP contribution in [0.5, 0.6) is 5.75 Å². The smallest absolute Gasteiger partial charge is 0.416 e. The van der Waals surface area contributed by atoms with Gasteiger partial charge >= 0.3 is 12.2 Å². The van der Waals surface area contributed by atoms with Crippen molar-refractivity contribution in [2.75, 3.05) is 26.2 Å². The Morgan fingerprint density at radius 3 is 2.28 bits per heavy atom. The number of alkyl halides is 3. The van der Waals surface area contributed by atoms with Gasteiger partial charge in [0.2, 0.25) is 11.8 Å². The molecule has 1 aliphatic heterocycles. The van der Waals surface area contributed by atoms with Gasteiger partial charge in [-0.2, -0.15) is 18.2 Å². The number of aryl methyl sites for hydroxylation is 1. The quantitative estimate of drug-likeness (QED) is 0.155. The van der Waals surface area contributed by atoms with E-state index >= 15 is 0 Å². The Kier molecular flexibility index (Phi) is 12.9. The summed E-state index contributed by atoms with van der Waals surface area (Å²) in [6, 6.07) is 35.4. The largest absolute Gasteiger partial charge is 0.508 e. The highest BCUT2D eigenvalue weighted by Gasteiger charge is 2.32. The molecular weight excluding hydrogens is 738 g/mol. The van der Waals surface area contributed by atoms with Gasteiger partial charge in [-0.1, -0.05) is 108 Å². The monoisotopic (exact) mass is 778 g/mol. The number of nitrogens with one attached hydrogen (secondary N) is 2. The Morgan fingerprint density at radius 1 is 0.860 bits per heavy atom. The first-order chi connectivity index (χ1) is 27.4. The van der Waals surface area contributed by atoms with Gasteiger partial charge in [-0.15, -0.1) is 0 Å². The molecule has 0 spiro atoms. The van der Waals surface area contributed by atoms with Crippen LogP contribution in [-0.2, 0) is 35.4 Å². The summed E-state index contributed by atoms with van der Waals surface area (Å²) in [7, 11) is 0. The molecule has 4 amide bonds. The number of halogens is 3. The van der Waals surface area contributed by atoms with E-state index < -0.39 is 17.8 Å². The van der Waals surface area contributed by atoms with Crippen molar-refractivity contribution in [1.82, 2.24) is 30.7 Å². The van der Waals surface area contributed by atoms with Crippen molar-refractivity contribution >= 4 is 28.6 Å². The first-order valence-corrected chi connectivity index (χ1v) is 18.2. The number of carbonyl (C=O) groups excluding carboxylic acids is 3. The molecule has 0 radical (unpaired) electrons. The summed E-state index contributed by atoms with van der Waals surface area (Å²) in [6.45, 7) is 2.04. The predicted molar refractivity (Wildman–Crippen MR) is 208 cm³/mol. The van der Waals surface area contributed by atoms with Crippen LogP contribution in [0, 0.1) is 6.92 Å². The fourth-order valence-electron chi connectivity index (χ4n) is 6.18. The zero-order valence-electron chi connectivity index (χ0n) is 31.1. The summed E-state index contributed by atoms with van der Waals surface area (Å²) in [5.74, 6) is -0.175. The van der Waals surface area contributed by atoms with Crippen LogP contribution in [-0.4, -0.2) is 69.2 Å². The van der Waals surface area contributed by atoms with Crippen molar-refractivity contribution in [3.63, 3.8) is 0 Å². The summed E-state index contributed by atoms with van der Waals surface area (Å²) in [4.78, 5) is 42.5. The lowest BCUT2D eigenvalue weighted by molar-refractivity contribution is -0.141. The van der Waals surface area contributed by atoms with Gasteiger partial charge in [-0.05, 0) is 53.1 Å². The maximum atomic E-state index is 14.0. The van der Waals surface area contributed by atoms with E-state index in [-0.39, 0.29) is 69.1 Å². The van der Waals surface area contributed by atoms with Crippen LogP contribution < -0.4 is 10.6 Å². The normalized spacial score (nSPS) is 14.1. The minimum atomic E-state index is -4.48. The Morgan fingerprint density at radius 2 is 1.56 bits per heavy atom. The van der Waals surface area contributed by atoms with Crippen LogP contribution >= 0.6 is 0 Å². The summed E-state index contributed by atoms with van der Waals surface area (Å²) < 4.78 is 44.7. The van der Waals surface area contributed by atoms with E-state index in [1.54, 1.807) is 17.0 Å². The standard InChI is InChI=1S/C36H33F3N6O4.C7H8O/c37-36(38,39)29-15-13-27(14-16-29)32-19-30(49-42-32)22-44-23-33(46)40-17-18-43(21-28-11-6-10-26-9-4-5-12-31(26)28)34(47)24-45(44)35(48)41-20-25-7-2-1-3-8-25;1-6-2-4-7(8)5-3-6/h1-16,19H,17-18,20-24H2,(H,40,46)(H,41,48);2-5,8H,1H3. The second-order valence-corrected chi connectivity index (χ2v) is 13.4. The molecule has 0 aliphatic carbocycles. The van der Waals surface area contributed by atoms with Crippen LogP contribution in [0.25, 0.3) is 22.0 Å². The number of hydrogen-bond acceptors (Lipinski definition) is 7. The molecule has 1 aromatic heterocycles. The lowest BCUT2D eigenvalue weighted by Crippen LogP contribution is -2.58. The van der Waals surface area contributed by atoms with Crippen molar-refractivity contribution in [3.05, 3.63) is 155 Å². The van der Waals surface area contributed by atoms with E-state index in [1.807, 2.05) is 91.9 Å². The number of amides is 4. The third kappa shape index (κ3) is 11.0. The van der Waals surface area contributed by atoms with Crippen LogP contribution in [0.3, 0.4) is 0 Å². The Balaban J connectivity index is 0.000000612. The fraction of sp³-hybridized carbons (Fsp3) is 0.209. The highest BCUT2D eigenvalue weighted by molar-refractivity contribution is 5.88. The topological polar surface area (TPSA) is 131 Å². The van der Waals surface area contributed by atoms with E-state index in [9.17, 15) is 27.6 Å². The molecule has 294 valence electrons. The molecule has 6 aromatic rings. The molecular formula is C43H41F3N6O5. The van der Waals surface area contributed by atoms with Gasteiger partial charge in [-0.3, -0.25) is 9.59 Å². The number of aromatic nitrogens is 1. The van der Waals surface area contributed by atoms with Gasteiger partial charge in [0.15, 0.2) is 5.76 Å². The molecule has 0 saturated carbocycles. The molecule has 1 saturated heterocycles. The summed E-state index contributed by atoms with van der Waals surface area (Å²) in [5, 5.41) is 23.0. The molecule has 0 atom stereocenters. The lowest BCUT2D eigenvalue weighted by Gasteiger charge is -2.36. The van der Waals surface area contributed by atoms with E-state index in [1.165, 1.54) is 33.8 Å². The number of carbonyl (C=O) groups is 3. The van der Waals surface area contributed by atoms with Crippen molar-refractivity contribution < 1.29 is 37.2 Å². The Bertz CT molecular complexity index is 2260. The molecule has 11 nitrogen and oxygen atoms in total. The van der Waals surface area contributed by atoms with E-state index in [4.69, 9.17) is 9.63 Å². The zero-order valence-corrected chi connectivity index (χ0v) is 31.1. The minimum Gasteiger partial charge on any atom is -0.508 e. The molecule has 5 aromatic carbocycles. The maximum Gasteiger partial charge on any atom is 0.416 e. The number of phenols is 1. The lowest BCUT2D eigenvalue weighted by atomic mass is 10.0. The second kappa shape index (κ2) is 18.3. The van der Waals surface area contributed by atoms with Gasteiger partial charge in [0.1, 0.15) is 18.0 Å². The molecule has 0 bridgehead atoms. The summed E-state index contributed by atoms with van der Waals surface area (Å²) >= 11 is 0. The highest BCUT2D eigenvalue weighted by atomic mass is 19.4. The highest BCUT2D eigenvalue weighted by Crippen LogP contribution is 2.31. The minimum absolute atomic E-state index is 0.142. The molecule has 0 unspecified atom stereocenters. The summed E-state index contributed by atoms with van der Waals surface area (Å²) in [6.07, 6.45) is -4.48. The number of rotatable bonds is 7. The Labute approximate surface area is 327 Å². The van der Waals surface area contributed by atoms with Crippen LogP contribution in [0.1, 0.15) is 28.0 Å². The van der Waals surface area contributed by atoms with Crippen molar-refractivity contribution in [2.24, 2.45) is 0 Å². The molecule has 2 heterocycles. The molecule has 3 N–H and O–H groups in total. The first-order valence-electron chi connectivity index (χ1n) is 18.2. The SMILES string of the molecule is Cc1ccc(O)cc1.O=C1CN(Cc2cc(-c3ccc(C(F)(F)F)cc3)no2)N(C(=O)NCc2ccccc2)CC(=O)N(Cc2cccc3ccccc23)CCN1. The number of benzene rings is 5. The van der Waals surface area contributed by atoms with E-state index in [0.717, 1.165) is 34.0 Å². The van der Waals surface area contributed by atoms with Crippen molar-refractivity contribution in [1.29, 1.82) is 0 Å². The zero-order chi connectivity index (χ0) is 40.4. The number of hydrogen-bond donors (Lipinski definition) is 3. The van der Waals surface area contributed by atoms with E-state index in [2.05, 4.69) is 15.8 Å². The molecule has 57 heavy (non-hydrogen) atoms. The molecule has 1 fully saturated rings. The first kappa shape index (κ1) is 40.0. The summed E-state index contributed by atoms with van der Waals surface area (Å²) in [5.41, 5.74) is 2.79.